The Morgan fingerprint density at radius 1 is 0.667 bits per heavy atom. The van der Waals surface area contributed by atoms with Crippen LogP contribution < -0.4 is 16.6 Å². The summed E-state index contributed by atoms with van der Waals surface area (Å²) in [6.07, 6.45) is 0. The number of hydrazine groups is 1. The van der Waals surface area contributed by atoms with E-state index in [1.807, 2.05) is 54.6 Å². The van der Waals surface area contributed by atoms with Gasteiger partial charge in [-0.15, -0.1) is 0 Å². The Hall–Kier alpha value is -2.69. The molecule has 0 saturated heterocycles. The molecule has 0 aromatic heterocycles. The molecule has 120 valence electrons. The predicted octanol–water partition coefficient (Wildman–Crippen LogP) is 3.32. The van der Waals surface area contributed by atoms with Gasteiger partial charge >= 0.3 is 0 Å². The van der Waals surface area contributed by atoms with E-state index >= 15 is 0 Å². The fourth-order valence-electron chi connectivity index (χ4n) is 2.94. The average molecular weight is 333 g/mol. The molecule has 3 aromatic carbocycles. The number of nitrogens with one attached hydrogen (secondary N) is 2. The summed E-state index contributed by atoms with van der Waals surface area (Å²) in [6, 6.07) is 30.7. The van der Waals surface area contributed by atoms with Crippen LogP contribution in [0.25, 0.3) is 0 Å². The maximum absolute atomic E-state index is 5.69. The van der Waals surface area contributed by atoms with Crippen molar-refractivity contribution < 1.29 is 0 Å². The maximum Gasteiger partial charge on any atom is 0.178 e. The Bertz CT molecular complexity index is 692. The predicted molar refractivity (Wildman–Crippen MR) is 102 cm³/mol. The Balaban J connectivity index is 2.26. The van der Waals surface area contributed by atoms with Crippen LogP contribution in [0, 0.1) is 0 Å². The van der Waals surface area contributed by atoms with Crippen LogP contribution >= 0.6 is 12.2 Å². The summed E-state index contributed by atoms with van der Waals surface area (Å²) in [4.78, 5) is 0. The van der Waals surface area contributed by atoms with Crippen molar-refractivity contribution in [1.29, 1.82) is 0 Å². The molecular formula is C20H19N3S. The first-order chi connectivity index (χ1) is 11.7. The van der Waals surface area contributed by atoms with E-state index in [0.29, 0.717) is 0 Å². The summed E-state index contributed by atoms with van der Waals surface area (Å²) in [5, 5.41) is 0.196. The highest BCUT2D eigenvalue weighted by molar-refractivity contribution is 7.80. The summed E-state index contributed by atoms with van der Waals surface area (Å²) in [6.45, 7) is 0. The lowest BCUT2D eigenvalue weighted by Crippen LogP contribution is -2.54. The molecule has 4 heteroatoms. The molecule has 0 aliphatic rings. The fourth-order valence-corrected chi connectivity index (χ4v) is 2.99. The van der Waals surface area contributed by atoms with Gasteiger partial charge in [0.25, 0.3) is 0 Å². The van der Waals surface area contributed by atoms with Gasteiger partial charge in [0, 0.05) is 0 Å². The molecule has 0 saturated carbocycles. The summed E-state index contributed by atoms with van der Waals surface area (Å²) in [5.74, 6) is 0. The van der Waals surface area contributed by atoms with Crippen molar-refractivity contribution in [3.05, 3.63) is 108 Å². The van der Waals surface area contributed by atoms with Crippen molar-refractivity contribution in [2.45, 2.75) is 5.54 Å². The summed E-state index contributed by atoms with van der Waals surface area (Å²) < 4.78 is 0. The highest BCUT2D eigenvalue weighted by Crippen LogP contribution is 2.36. The van der Waals surface area contributed by atoms with Gasteiger partial charge in [-0.1, -0.05) is 91.0 Å². The van der Waals surface area contributed by atoms with Gasteiger partial charge in [0.15, 0.2) is 5.11 Å². The van der Waals surface area contributed by atoms with Crippen LogP contribution in [0.4, 0.5) is 0 Å². The average Bonchev–Trinajstić information content (AvgIpc) is 2.65. The molecule has 0 fully saturated rings. The molecule has 24 heavy (non-hydrogen) atoms. The van der Waals surface area contributed by atoms with Gasteiger partial charge in [-0.25, -0.2) is 5.43 Å². The SMILES string of the molecule is NC(=S)NNC(c1ccccc1)(c1ccccc1)c1ccccc1. The van der Waals surface area contributed by atoms with Gasteiger partial charge in [0.2, 0.25) is 0 Å². The fraction of sp³-hybridized carbons (Fsp3) is 0.0500. The highest BCUT2D eigenvalue weighted by Gasteiger charge is 2.36. The van der Waals surface area contributed by atoms with Crippen LogP contribution in [0.2, 0.25) is 0 Å². The summed E-state index contributed by atoms with van der Waals surface area (Å²) in [5.41, 5.74) is 14.6. The zero-order valence-corrected chi connectivity index (χ0v) is 14.0. The molecule has 3 nitrogen and oxygen atoms in total. The van der Waals surface area contributed by atoms with Crippen LogP contribution in [0.5, 0.6) is 0 Å². The van der Waals surface area contributed by atoms with Gasteiger partial charge in [-0.3, -0.25) is 5.43 Å². The summed E-state index contributed by atoms with van der Waals surface area (Å²) >= 11 is 5.02. The van der Waals surface area contributed by atoms with Crippen LogP contribution in [-0.2, 0) is 5.54 Å². The zero-order valence-electron chi connectivity index (χ0n) is 13.1. The Labute approximate surface area is 147 Å². The Morgan fingerprint density at radius 2 is 1.00 bits per heavy atom. The molecule has 0 spiro atoms. The van der Waals surface area contributed by atoms with Gasteiger partial charge in [0.05, 0.1) is 0 Å². The molecule has 0 aliphatic heterocycles. The number of thiocarbonyl (C=S) groups is 1. The van der Waals surface area contributed by atoms with Crippen molar-refractivity contribution in [2.24, 2.45) is 5.73 Å². The quantitative estimate of drug-likeness (QED) is 0.381. The molecule has 0 atom stereocenters. The van der Waals surface area contributed by atoms with Crippen molar-refractivity contribution in [2.75, 3.05) is 0 Å². The summed E-state index contributed by atoms with van der Waals surface area (Å²) in [7, 11) is 0. The third kappa shape index (κ3) is 3.15. The minimum Gasteiger partial charge on any atom is -0.375 e. The zero-order chi connectivity index (χ0) is 16.8. The normalized spacial score (nSPS) is 11.0. The third-order valence-electron chi connectivity index (χ3n) is 3.99. The van der Waals surface area contributed by atoms with E-state index in [2.05, 4.69) is 47.2 Å². The van der Waals surface area contributed by atoms with Crippen LogP contribution in [0.3, 0.4) is 0 Å². The van der Waals surface area contributed by atoms with E-state index in [1.54, 1.807) is 0 Å². The first-order valence-electron chi connectivity index (χ1n) is 7.72. The van der Waals surface area contributed by atoms with Gasteiger partial charge in [-0.05, 0) is 28.9 Å². The third-order valence-corrected chi connectivity index (χ3v) is 4.10. The lowest BCUT2D eigenvalue weighted by molar-refractivity contribution is 0.448. The van der Waals surface area contributed by atoms with Gasteiger partial charge in [0.1, 0.15) is 5.54 Å². The molecule has 4 N–H and O–H groups in total. The molecule has 0 bridgehead atoms. The van der Waals surface area contributed by atoms with E-state index < -0.39 is 5.54 Å². The maximum atomic E-state index is 5.69. The van der Waals surface area contributed by atoms with E-state index in [9.17, 15) is 0 Å². The lowest BCUT2D eigenvalue weighted by atomic mass is 9.77. The van der Waals surface area contributed by atoms with E-state index in [0.717, 1.165) is 16.7 Å². The molecule has 0 radical (unpaired) electrons. The second kappa shape index (κ2) is 7.25. The lowest BCUT2D eigenvalue weighted by Gasteiger charge is -2.37. The van der Waals surface area contributed by atoms with Crippen molar-refractivity contribution >= 4 is 17.3 Å². The molecular weight excluding hydrogens is 314 g/mol. The van der Waals surface area contributed by atoms with E-state index in [1.165, 1.54) is 0 Å². The van der Waals surface area contributed by atoms with E-state index in [-0.39, 0.29) is 5.11 Å². The van der Waals surface area contributed by atoms with Gasteiger partial charge in [-0.2, -0.15) is 0 Å². The number of rotatable bonds is 5. The van der Waals surface area contributed by atoms with Crippen LogP contribution in [0.15, 0.2) is 91.0 Å². The smallest absolute Gasteiger partial charge is 0.178 e. The van der Waals surface area contributed by atoms with Crippen molar-refractivity contribution in [3.63, 3.8) is 0 Å². The first kappa shape index (κ1) is 16.2. The monoisotopic (exact) mass is 333 g/mol. The molecule has 3 aromatic rings. The molecule has 0 amide bonds. The van der Waals surface area contributed by atoms with Crippen LogP contribution in [0.1, 0.15) is 16.7 Å². The van der Waals surface area contributed by atoms with E-state index in [4.69, 9.17) is 18.0 Å². The highest BCUT2D eigenvalue weighted by atomic mass is 32.1. The van der Waals surface area contributed by atoms with Crippen molar-refractivity contribution in [3.8, 4) is 0 Å². The number of hydrogen-bond acceptors (Lipinski definition) is 2. The number of nitrogens with two attached hydrogens (primary N) is 1. The largest absolute Gasteiger partial charge is 0.375 e. The number of hydrogen-bond donors (Lipinski definition) is 3. The molecule has 0 aliphatic carbocycles. The second-order valence-corrected chi connectivity index (χ2v) is 5.90. The molecule has 3 rings (SSSR count). The minimum atomic E-state index is -0.618. The molecule has 0 heterocycles. The Kier molecular flexibility index (Phi) is 4.89. The second-order valence-electron chi connectivity index (χ2n) is 5.46. The minimum absolute atomic E-state index is 0.196. The first-order valence-corrected chi connectivity index (χ1v) is 8.13. The van der Waals surface area contributed by atoms with Crippen molar-refractivity contribution in [1.82, 2.24) is 10.9 Å². The number of benzene rings is 3. The Morgan fingerprint density at radius 3 is 1.29 bits per heavy atom. The standard InChI is InChI=1S/C20H19N3S/c21-19(24)22-23-20(16-10-4-1-5-11-16,17-12-6-2-7-13-17)18-14-8-3-9-15-18/h1-15,23H,(H3,21,22,24). The van der Waals surface area contributed by atoms with Crippen LogP contribution in [-0.4, -0.2) is 5.11 Å². The molecule has 0 unspecified atom stereocenters. The van der Waals surface area contributed by atoms with Gasteiger partial charge < -0.3 is 5.73 Å². The topological polar surface area (TPSA) is 50.1 Å².